The molecule has 1 amide bonds. The second kappa shape index (κ2) is 5.24. The summed E-state index contributed by atoms with van der Waals surface area (Å²) in [7, 11) is 0. The van der Waals surface area contributed by atoms with E-state index in [9.17, 15) is 14.7 Å². The SMILES string of the molecule is CC(=O)c1ccc(NC(=O)CN2CC(O)(C3CC3)C2)cc1. The van der Waals surface area contributed by atoms with Crippen LogP contribution in [0.1, 0.15) is 30.1 Å². The Morgan fingerprint density at radius 3 is 2.43 bits per heavy atom. The highest BCUT2D eigenvalue weighted by Gasteiger charge is 2.51. The molecular weight excluding hydrogens is 268 g/mol. The van der Waals surface area contributed by atoms with Crippen molar-refractivity contribution in [3.8, 4) is 0 Å². The van der Waals surface area contributed by atoms with Crippen LogP contribution in [0, 0.1) is 5.92 Å². The van der Waals surface area contributed by atoms with Gasteiger partial charge in [0.25, 0.3) is 0 Å². The van der Waals surface area contributed by atoms with Crippen molar-refractivity contribution in [2.24, 2.45) is 5.92 Å². The molecule has 2 fully saturated rings. The quantitative estimate of drug-likeness (QED) is 0.801. The Morgan fingerprint density at radius 1 is 1.29 bits per heavy atom. The van der Waals surface area contributed by atoms with Gasteiger partial charge in [0.2, 0.25) is 5.91 Å². The zero-order valence-electron chi connectivity index (χ0n) is 12.1. The summed E-state index contributed by atoms with van der Waals surface area (Å²) in [5.41, 5.74) is 0.761. The lowest BCUT2D eigenvalue weighted by Crippen LogP contribution is -2.64. The zero-order valence-corrected chi connectivity index (χ0v) is 12.1. The smallest absolute Gasteiger partial charge is 0.238 e. The Hall–Kier alpha value is -1.72. The van der Waals surface area contributed by atoms with Gasteiger partial charge in [-0.15, -0.1) is 0 Å². The average Bonchev–Trinajstić information content (AvgIpc) is 3.21. The third-order valence-electron chi connectivity index (χ3n) is 4.27. The van der Waals surface area contributed by atoms with Gasteiger partial charge < -0.3 is 10.4 Å². The number of carbonyl (C=O) groups is 2. The molecule has 0 aromatic heterocycles. The maximum atomic E-state index is 11.9. The highest BCUT2D eigenvalue weighted by atomic mass is 16.3. The number of hydrogen-bond donors (Lipinski definition) is 2. The topological polar surface area (TPSA) is 69.6 Å². The molecule has 0 bridgehead atoms. The first kappa shape index (κ1) is 14.2. The molecule has 2 aliphatic rings. The van der Waals surface area contributed by atoms with Gasteiger partial charge in [-0.05, 0) is 49.9 Å². The number of likely N-dealkylation sites (tertiary alicyclic amines) is 1. The van der Waals surface area contributed by atoms with Gasteiger partial charge in [0.05, 0.1) is 12.1 Å². The molecule has 21 heavy (non-hydrogen) atoms. The summed E-state index contributed by atoms with van der Waals surface area (Å²) in [5.74, 6) is 0.354. The van der Waals surface area contributed by atoms with Crippen molar-refractivity contribution in [2.75, 3.05) is 25.0 Å². The van der Waals surface area contributed by atoms with E-state index in [1.807, 2.05) is 4.90 Å². The van der Waals surface area contributed by atoms with E-state index in [1.54, 1.807) is 24.3 Å². The molecule has 112 valence electrons. The molecule has 1 aliphatic heterocycles. The number of amides is 1. The third kappa shape index (κ3) is 3.14. The maximum absolute atomic E-state index is 11.9. The standard InChI is InChI=1S/C16H20N2O3/c1-11(19)12-2-6-14(7-3-12)17-15(20)8-18-9-16(21,10-18)13-4-5-13/h2-3,6-7,13,21H,4-5,8-10H2,1H3,(H,17,20). The molecule has 1 aliphatic carbocycles. The van der Waals surface area contributed by atoms with E-state index in [4.69, 9.17) is 0 Å². The molecule has 3 rings (SSSR count). The normalized spacial score (nSPS) is 20.7. The summed E-state index contributed by atoms with van der Waals surface area (Å²) >= 11 is 0. The predicted molar refractivity (Wildman–Crippen MR) is 79.2 cm³/mol. The first-order chi connectivity index (χ1) is 9.96. The van der Waals surface area contributed by atoms with Crippen LogP contribution in [-0.4, -0.2) is 46.9 Å². The molecule has 1 aromatic carbocycles. The summed E-state index contributed by atoms with van der Waals surface area (Å²) in [5, 5.41) is 13.0. The second-order valence-electron chi connectivity index (χ2n) is 6.20. The Bertz CT molecular complexity index is 557. The molecule has 1 saturated heterocycles. The van der Waals surface area contributed by atoms with E-state index in [0.29, 0.717) is 36.8 Å². The minimum Gasteiger partial charge on any atom is -0.387 e. The van der Waals surface area contributed by atoms with E-state index < -0.39 is 5.60 Å². The molecular formula is C16H20N2O3. The molecule has 1 saturated carbocycles. The van der Waals surface area contributed by atoms with Crippen molar-refractivity contribution in [3.05, 3.63) is 29.8 Å². The fourth-order valence-electron chi connectivity index (χ4n) is 2.91. The van der Waals surface area contributed by atoms with Crippen LogP contribution in [0.5, 0.6) is 0 Å². The molecule has 5 nitrogen and oxygen atoms in total. The lowest BCUT2D eigenvalue weighted by molar-refractivity contribution is -0.132. The molecule has 1 aromatic rings. The molecule has 0 radical (unpaired) electrons. The monoisotopic (exact) mass is 288 g/mol. The van der Waals surface area contributed by atoms with E-state index in [0.717, 1.165) is 12.8 Å². The van der Waals surface area contributed by atoms with Gasteiger partial charge in [-0.2, -0.15) is 0 Å². The number of hydrogen-bond acceptors (Lipinski definition) is 4. The van der Waals surface area contributed by atoms with Gasteiger partial charge in [-0.25, -0.2) is 0 Å². The maximum Gasteiger partial charge on any atom is 0.238 e. The Balaban J connectivity index is 1.47. The van der Waals surface area contributed by atoms with E-state index in [-0.39, 0.29) is 11.7 Å². The number of carbonyl (C=O) groups excluding carboxylic acids is 2. The summed E-state index contributed by atoms with van der Waals surface area (Å²) in [6.45, 7) is 2.99. The second-order valence-corrected chi connectivity index (χ2v) is 6.20. The fourth-order valence-corrected chi connectivity index (χ4v) is 2.91. The lowest BCUT2D eigenvalue weighted by Gasteiger charge is -2.46. The zero-order chi connectivity index (χ0) is 15.0. The number of anilines is 1. The van der Waals surface area contributed by atoms with E-state index in [1.165, 1.54) is 6.92 Å². The van der Waals surface area contributed by atoms with Crippen LogP contribution in [0.25, 0.3) is 0 Å². The largest absolute Gasteiger partial charge is 0.387 e. The number of nitrogens with one attached hydrogen (secondary N) is 1. The van der Waals surface area contributed by atoms with Crippen LogP contribution in [0.15, 0.2) is 24.3 Å². The number of Topliss-reactive ketones (excluding diaryl/α,β-unsaturated/α-hetero) is 1. The average molecular weight is 288 g/mol. The van der Waals surface area contributed by atoms with Gasteiger partial charge in [-0.3, -0.25) is 14.5 Å². The third-order valence-corrected chi connectivity index (χ3v) is 4.27. The van der Waals surface area contributed by atoms with Gasteiger partial charge >= 0.3 is 0 Å². The van der Waals surface area contributed by atoms with Gasteiger partial charge in [0.1, 0.15) is 0 Å². The minimum atomic E-state index is -0.552. The number of ketones is 1. The minimum absolute atomic E-state index is 0.00724. The highest BCUT2D eigenvalue weighted by molar-refractivity contribution is 5.96. The van der Waals surface area contributed by atoms with Gasteiger partial charge in [0.15, 0.2) is 5.78 Å². The number of β-amino-alcohol motifs (C(OH)–C–C–N with tert-alkyl or cyclic N) is 1. The van der Waals surface area contributed by atoms with Crippen molar-refractivity contribution >= 4 is 17.4 Å². The predicted octanol–water partition coefficient (Wildman–Crippen LogP) is 1.28. The van der Waals surface area contributed by atoms with Crippen molar-refractivity contribution in [1.82, 2.24) is 4.90 Å². The van der Waals surface area contributed by atoms with Crippen LogP contribution in [0.4, 0.5) is 5.69 Å². The Morgan fingerprint density at radius 2 is 1.90 bits per heavy atom. The molecule has 0 unspecified atom stereocenters. The fraction of sp³-hybridized carbons (Fsp3) is 0.500. The van der Waals surface area contributed by atoms with Crippen molar-refractivity contribution in [2.45, 2.75) is 25.4 Å². The Labute approximate surface area is 123 Å². The van der Waals surface area contributed by atoms with Crippen LogP contribution in [0.2, 0.25) is 0 Å². The van der Waals surface area contributed by atoms with Crippen LogP contribution in [0.3, 0.4) is 0 Å². The number of aliphatic hydroxyl groups is 1. The number of nitrogens with zero attached hydrogens (tertiary/aromatic N) is 1. The van der Waals surface area contributed by atoms with E-state index in [2.05, 4.69) is 5.32 Å². The molecule has 1 heterocycles. The first-order valence-electron chi connectivity index (χ1n) is 7.32. The van der Waals surface area contributed by atoms with Gasteiger partial charge in [0, 0.05) is 24.3 Å². The summed E-state index contributed by atoms with van der Waals surface area (Å²) in [6, 6.07) is 6.86. The van der Waals surface area contributed by atoms with Crippen molar-refractivity contribution in [3.63, 3.8) is 0 Å². The van der Waals surface area contributed by atoms with Crippen LogP contribution in [-0.2, 0) is 4.79 Å². The molecule has 0 atom stereocenters. The number of rotatable bonds is 5. The highest BCUT2D eigenvalue weighted by Crippen LogP contribution is 2.44. The first-order valence-corrected chi connectivity index (χ1v) is 7.32. The van der Waals surface area contributed by atoms with E-state index >= 15 is 0 Å². The molecule has 0 spiro atoms. The summed E-state index contributed by atoms with van der Waals surface area (Å²) in [6.07, 6.45) is 2.22. The lowest BCUT2D eigenvalue weighted by atomic mass is 9.89. The molecule has 2 N–H and O–H groups in total. The number of benzene rings is 1. The Kier molecular flexibility index (Phi) is 3.55. The van der Waals surface area contributed by atoms with Crippen LogP contribution >= 0.6 is 0 Å². The van der Waals surface area contributed by atoms with Crippen LogP contribution < -0.4 is 5.32 Å². The van der Waals surface area contributed by atoms with Crippen molar-refractivity contribution in [1.29, 1.82) is 0 Å². The summed E-state index contributed by atoms with van der Waals surface area (Å²) in [4.78, 5) is 25.1. The molecule has 5 heteroatoms. The summed E-state index contributed by atoms with van der Waals surface area (Å²) < 4.78 is 0. The van der Waals surface area contributed by atoms with Crippen molar-refractivity contribution < 1.29 is 14.7 Å². The van der Waals surface area contributed by atoms with Gasteiger partial charge in [-0.1, -0.05) is 0 Å².